The molecule has 1 aliphatic heterocycles. The van der Waals surface area contributed by atoms with Crippen molar-refractivity contribution < 1.29 is 13.2 Å². The van der Waals surface area contributed by atoms with Crippen LogP contribution in [-0.2, 0) is 21.3 Å². The van der Waals surface area contributed by atoms with E-state index in [2.05, 4.69) is 10.1 Å². The number of thiophene rings is 1. The molecule has 0 unspecified atom stereocenters. The highest BCUT2D eigenvalue weighted by atomic mass is 32.2. The van der Waals surface area contributed by atoms with Crippen LogP contribution in [-0.4, -0.2) is 45.8 Å². The maximum Gasteiger partial charge on any atom is 0.254 e. The number of hydrogen-bond acceptors (Lipinski definition) is 6. The Morgan fingerprint density at radius 1 is 1.35 bits per heavy atom. The number of nitrogens with one attached hydrogen (secondary N) is 2. The Kier molecular flexibility index (Phi) is 4.39. The largest absolute Gasteiger partial charge is 0.379 e. The summed E-state index contributed by atoms with van der Waals surface area (Å²) in [5.41, 5.74) is 0. The minimum absolute atomic E-state index is 0.391. The molecule has 1 saturated heterocycles. The number of rotatable bonds is 6. The number of morpholine rings is 1. The fourth-order valence-corrected chi connectivity index (χ4v) is 4.61. The van der Waals surface area contributed by atoms with E-state index in [-0.39, 0.29) is 0 Å². The predicted octanol–water partition coefficient (Wildman–Crippen LogP) is 0.526. The molecule has 2 heterocycles. The first kappa shape index (κ1) is 14.4. The van der Waals surface area contributed by atoms with Gasteiger partial charge in [-0.15, -0.1) is 16.2 Å². The van der Waals surface area contributed by atoms with Gasteiger partial charge in [-0.25, -0.2) is 13.4 Å². The van der Waals surface area contributed by atoms with Crippen LogP contribution in [0.4, 0.5) is 0 Å². The molecule has 0 radical (unpaired) electrons. The summed E-state index contributed by atoms with van der Waals surface area (Å²) in [5, 5.41) is 6.89. The molecular formula is C12H19N3O3S2. The summed E-state index contributed by atoms with van der Waals surface area (Å²) < 4.78 is 30.1. The fourth-order valence-electron chi connectivity index (χ4n) is 2.10. The SMILES string of the molecule is O=S(=O)(NN1CCOCC1)c1ccsc1CNC1CC1. The maximum atomic E-state index is 12.4. The van der Waals surface area contributed by atoms with Crippen molar-refractivity contribution in [3.05, 3.63) is 16.3 Å². The Labute approximate surface area is 123 Å². The average Bonchev–Trinajstić information content (AvgIpc) is 3.13. The third-order valence-corrected chi connectivity index (χ3v) is 5.89. The van der Waals surface area contributed by atoms with Gasteiger partial charge in [0.2, 0.25) is 0 Å². The van der Waals surface area contributed by atoms with Crippen molar-refractivity contribution in [2.24, 2.45) is 0 Å². The van der Waals surface area contributed by atoms with E-state index in [0.717, 1.165) is 4.88 Å². The summed E-state index contributed by atoms with van der Waals surface area (Å²) in [6.07, 6.45) is 2.39. The van der Waals surface area contributed by atoms with Crippen LogP contribution in [0.3, 0.4) is 0 Å². The molecule has 1 saturated carbocycles. The van der Waals surface area contributed by atoms with Crippen molar-refractivity contribution in [1.82, 2.24) is 15.2 Å². The summed E-state index contributed by atoms with van der Waals surface area (Å²) in [5.74, 6) is 0. The molecule has 8 heteroatoms. The molecule has 1 aromatic rings. The zero-order valence-electron chi connectivity index (χ0n) is 11.2. The first-order valence-electron chi connectivity index (χ1n) is 6.80. The standard InChI is InChI=1S/C12H19N3O3S2/c16-20(17,14-15-4-6-18-7-5-15)12-3-8-19-11(12)9-13-10-1-2-10/h3,8,10,13-14H,1-2,4-7,9H2. The molecule has 0 bridgehead atoms. The lowest BCUT2D eigenvalue weighted by Crippen LogP contribution is -2.48. The summed E-state index contributed by atoms with van der Waals surface area (Å²) in [7, 11) is -3.48. The van der Waals surface area contributed by atoms with E-state index in [9.17, 15) is 8.42 Å². The molecule has 0 spiro atoms. The topological polar surface area (TPSA) is 70.7 Å². The molecule has 2 aliphatic rings. The Balaban J connectivity index is 1.67. The van der Waals surface area contributed by atoms with Crippen LogP contribution >= 0.6 is 11.3 Å². The predicted molar refractivity (Wildman–Crippen MR) is 76.9 cm³/mol. The van der Waals surface area contributed by atoms with Crippen LogP contribution in [0.15, 0.2) is 16.3 Å². The van der Waals surface area contributed by atoms with E-state index in [4.69, 9.17) is 4.74 Å². The van der Waals surface area contributed by atoms with E-state index >= 15 is 0 Å². The molecule has 1 aromatic heterocycles. The Hall–Kier alpha value is -0.510. The van der Waals surface area contributed by atoms with Crippen molar-refractivity contribution in [2.45, 2.75) is 30.3 Å². The Bertz CT molecular complexity index is 548. The highest BCUT2D eigenvalue weighted by Gasteiger charge is 2.25. The van der Waals surface area contributed by atoms with E-state index in [1.165, 1.54) is 24.2 Å². The summed E-state index contributed by atoms with van der Waals surface area (Å²) in [6, 6.07) is 2.25. The first-order valence-corrected chi connectivity index (χ1v) is 9.16. The van der Waals surface area contributed by atoms with Crippen LogP contribution in [0, 0.1) is 0 Å². The Morgan fingerprint density at radius 3 is 2.80 bits per heavy atom. The van der Waals surface area contributed by atoms with Crippen molar-refractivity contribution in [1.29, 1.82) is 0 Å². The molecule has 0 aromatic carbocycles. The number of hydrazine groups is 1. The highest BCUT2D eigenvalue weighted by molar-refractivity contribution is 7.89. The second-order valence-corrected chi connectivity index (χ2v) is 7.69. The summed E-state index contributed by atoms with van der Waals surface area (Å²) in [4.78, 5) is 3.91. The summed E-state index contributed by atoms with van der Waals surface area (Å²) >= 11 is 1.48. The van der Waals surface area contributed by atoms with Crippen molar-refractivity contribution >= 4 is 21.4 Å². The fraction of sp³-hybridized carbons (Fsp3) is 0.667. The minimum atomic E-state index is -3.48. The molecule has 6 nitrogen and oxygen atoms in total. The van der Waals surface area contributed by atoms with Crippen molar-refractivity contribution in [3.8, 4) is 0 Å². The van der Waals surface area contributed by atoms with Gasteiger partial charge in [-0.05, 0) is 24.3 Å². The van der Waals surface area contributed by atoms with Crippen LogP contribution in [0.5, 0.6) is 0 Å². The van der Waals surface area contributed by atoms with Gasteiger partial charge >= 0.3 is 0 Å². The second kappa shape index (κ2) is 6.08. The van der Waals surface area contributed by atoms with Gasteiger partial charge in [0.1, 0.15) is 0 Å². The second-order valence-electron chi connectivity index (χ2n) is 5.06. The van der Waals surface area contributed by atoms with Gasteiger partial charge in [0, 0.05) is 30.6 Å². The van der Waals surface area contributed by atoms with Gasteiger partial charge < -0.3 is 10.1 Å². The monoisotopic (exact) mass is 317 g/mol. The molecule has 112 valence electrons. The average molecular weight is 317 g/mol. The lowest BCUT2D eigenvalue weighted by atomic mass is 10.4. The van der Waals surface area contributed by atoms with Gasteiger partial charge in [0.25, 0.3) is 10.0 Å². The number of sulfonamides is 1. The zero-order valence-corrected chi connectivity index (χ0v) is 12.8. The maximum absolute atomic E-state index is 12.4. The van der Waals surface area contributed by atoms with Gasteiger partial charge in [-0.2, -0.15) is 0 Å². The smallest absolute Gasteiger partial charge is 0.254 e. The van der Waals surface area contributed by atoms with E-state index < -0.39 is 10.0 Å². The molecule has 0 atom stereocenters. The van der Waals surface area contributed by atoms with E-state index in [0.29, 0.717) is 43.8 Å². The van der Waals surface area contributed by atoms with Crippen LogP contribution < -0.4 is 10.1 Å². The normalized spacial score (nSPS) is 21.2. The molecule has 2 N–H and O–H groups in total. The van der Waals surface area contributed by atoms with Crippen LogP contribution in [0.2, 0.25) is 0 Å². The number of nitrogens with zero attached hydrogens (tertiary/aromatic N) is 1. The molecule has 20 heavy (non-hydrogen) atoms. The van der Waals surface area contributed by atoms with Gasteiger partial charge in [0.05, 0.1) is 18.1 Å². The number of ether oxygens (including phenoxy) is 1. The zero-order chi connectivity index (χ0) is 14.0. The first-order chi connectivity index (χ1) is 9.65. The van der Waals surface area contributed by atoms with Gasteiger partial charge in [-0.1, -0.05) is 0 Å². The van der Waals surface area contributed by atoms with Crippen LogP contribution in [0.1, 0.15) is 17.7 Å². The molecule has 3 rings (SSSR count). The van der Waals surface area contributed by atoms with Crippen molar-refractivity contribution in [2.75, 3.05) is 26.3 Å². The molecular weight excluding hydrogens is 298 g/mol. The number of hydrogen-bond donors (Lipinski definition) is 2. The van der Waals surface area contributed by atoms with E-state index in [1.807, 2.05) is 5.38 Å². The quantitative estimate of drug-likeness (QED) is 0.801. The summed E-state index contributed by atoms with van der Waals surface area (Å²) in [6.45, 7) is 2.91. The lowest BCUT2D eigenvalue weighted by molar-refractivity contribution is 0.0272. The Morgan fingerprint density at radius 2 is 2.10 bits per heavy atom. The highest BCUT2D eigenvalue weighted by Crippen LogP contribution is 2.25. The molecule has 0 amide bonds. The van der Waals surface area contributed by atoms with Gasteiger partial charge in [0.15, 0.2) is 0 Å². The molecule has 1 aliphatic carbocycles. The van der Waals surface area contributed by atoms with E-state index in [1.54, 1.807) is 11.1 Å². The van der Waals surface area contributed by atoms with Crippen molar-refractivity contribution in [3.63, 3.8) is 0 Å². The lowest BCUT2D eigenvalue weighted by Gasteiger charge is -2.26. The third kappa shape index (κ3) is 3.57. The van der Waals surface area contributed by atoms with Gasteiger partial charge in [-0.3, -0.25) is 0 Å². The third-order valence-electron chi connectivity index (χ3n) is 3.38. The van der Waals surface area contributed by atoms with Crippen LogP contribution in [0.25, 0.3) is 0 Å². The molecule has 2 fully saturated rings. The minimum Gasteiger partial charge on any atom is -0.379 e.